The number of hydrogen-bond donors (Lipinski definition) is 1. The Balaban J connectivity index is 1.78. The van der Waals surface area contributed by atoms with Crippen molar-refractivity contribution in [1.29, 1.82) is 0 Å². The number of amides is 1. The van der Waals surface area contributed by atoms with E-state index in [1.165, 1.54) is 0 Å². The minimum absolute atomic E-state index is 0.204. The molecular weight excluding hydrogens is 452 g/mol. The summed E-state index contributed by atoms with van der Waals surface area (Å²) in [4.78, 5) is 22.3. The van der Waals surface area contributed by atoms with Gasteiger partial charge in [0.2, 0.25) is 10.0 Å². The van der Waals surface area contributed by atoms with Crippen molar-refractivity contribution < 1.29 is 13.2 Å². The number of hydrogen-bond acceptors (Lipinski definition) is 6. The maximum absolute atomic E-state index is 13.8. The van der Waals surface area contributed by atoms with Gasteiger partial charge in [-0.05, 0) is 52.2 Å². The number of carbonyl (C=O) groups excluding carboxylic acids is 1. The predicted octanol–water partition coefficient (Wildman–Crippen LogP) is 3.46. The third kappa shape index (κ3) is 4.59. The summed E-state index contributed by atoms with van der Waals surface area (Å²) in [6.07, 6.45) is 3.73. The van der Waals surface area contributed by atoms with Crippen LogP contribution in [0.4, 0.5) is 11.5 Å². The van der Waals surface area contributed by atoms with Crippen molar-refractivity contribution in [3.8, 4) is 0 Å². The van der Waals surface area contributed by atoms with E-state index in [-0.39, 0.29) is 11.9 Å². The number of aromatic nitrogens is 3. The quantitative estimate of drug-likeness (QED) is 0.595. The first kappa shape index (κ1) is 24.0. The molecule has 4 rings (SSSR count). The van der Waals surface area contributed by atoms with Crippen molar-refractivity contribution in [2.24, 2.45) is 0 Å². The molecule has 0 saturated carbocycles. The fourth-order valence-corrected chi connectivity index (χ4v) is 5.23. The number of rotatable bonds is 5. The van der Waals surface area contributed by atoms with Gasteiger partial charge in [0, 0.05) is 38.0 Å². The Morgan fingerprint density at radius 3 is 2.56 bits per heavy atom. The van der Waals surface area contributed by atoms with Crippen LogP contribution in [-0.4, -0.2) is 60.7 Å². The Kier molecular flexibility index (Phi) is 6.28. The van der Waals surface area contributed by atoms with E-state index in [4.69, 9.17) is 10.1 Å². The lowest BCUT2D eigenvalue weighted by Gasteiger charge is -2.35. The highest BCUT2D eigenvalue weighted by atomic mass is 32.2. The van der Waals surface area contributed by atoms with Gasteiger partial charge in [-0.25, -0.2) is 13.4 Å². The first-order valence-electron chi connectivity index (χ1n) is 11.4. The largest absolute Gasteiger partial charge is 0.362 e. The highest BCUT2D eigenvalue weighted by molar-refractivity contribution is 7.92. The maximum Gasteiger partial charge on any atom is 0.256 e. The Morgan fingerprint density at radius 2 is 1.88 bits per heavy atom. The molecule has 9 nitrogen and oxygen atoms in total. The standard InChI is InChI=1S/C24H32N6O3S/c1-15-10-11-19(27-34(6,32)33)18(13-15)24(31)29-12-8-7-9-21(29)20-14-22-25-17(3)16(2)23(28(4)5)30(22)26-20/h10-11,13-14,21,27H,7-9,12H2,1-6H3. The summed E-state index contributed by atoms with van der Waals surface area (Å²) < 4.78 is 28.1. The fourth-order valence-electron chi connectivity index (χ4n) is 4.65. The number of benzene rings is 1. The number of nitrogens with zero attached hydrogens (tertiary/aromatic N) is 5. The molecule has 1 unspecified atom stereocenters. The fraction of sp³-hybridized carbons (Fsp3) is 0.458. The second-order valence-electron chi connectivity index (χ2n) is 9.31. The van der Waals surface area contributed by atoms with E-state index >= 15 is 0 Å². The van der Waals surface area contributed by atoms with Crippen LogP contribution in [0.2, 0.25) is 0 Å². The average molecular weight is 485 g/mol. The Hall–Kier alpha value is -3.14. The van der Waals surface area contributed by atoms with Crippen LogP contribution in [0, 0.1) is 20.8 Å². The van der Waals surface area contributed by atoms with E-state index in [9.17, 15) is 13.2 Å². The summed E-state index contributed by atoms with van der Waals surface area (Å²) in [6.45, 7) is 6.48. The van der Waals surface area contributed by atoms with Crippen molar-refractivity contribution in [2.45, 2.75) is 46.1 Å². The second-order valence-corrected chi connectivity index (χ2v) is 11.1. The zero-order chi connectivity index (χ0) is 24.8. The number of piperidine rings is 1. The molecule has 0 spiro atoms. The highest BCUT2D eigenvalue weighted by Gasteiger charge is 2.32. The van der Waals surface area contributed by atoms with Crippen LogP contribution in [0.1, 0.15) is 58.2 Å². The smallest absolute Gasteiger partial charge is 0.256 e. The number of sulfonamides is 1. The minimum Gasteiger partial charge on any atom is -0.362 e. The highest BCUT2D eigenvalue weighted by Crippen LogP contribution is 2.34. The van der Waals surface area contributed by atoms with Crippen LogP contribution in [-0.2, 0) is 10.0 Å². The number of fused-ring (bicyclic) bond motifs is 1. The van der Waals surface area contributed by atoms with Gasteiger partial charge >= 0.3 is 0 Å². The van der Waals surface area contributed by atoms with Crippen LogP contribution < -0.4 is 9.62 Å². The van der Waals surface area contributed by atoms with Gasteiger partial charge in [0.25, 0.3) is 5.91 Å². The van der Waals surface area contributed by atoms with Gasteiger partial charge < -0.3 is 9.80 Å². The average Bonchev–Trinajstić information content (AvgIpc) is 3.17. The summed E-state index contributed by atoms with van der Waals surface area (Å²) in [5.41, 5.74) is 5.05. The van der Waals surface area contributed by atoms with E-state index in [1.54, 1.807) is 18.2 Å². The van der Waals surface area contributed by atoms with Crippen molar-refractivity contribution in [3.63, 3.8) is 0 Å². The van der Waals surface area contributed by atoms with Crippen LogP contribution in [0.15, 0.2) is 24.3 Å². The molecule has 1 atom stereocenters. The normalized spacial score (nSPS) is 16.6. The molecule has 10 heteroatoms. The lowest BCUT2D eigenvalue weighted by molar-refractivity contribution is 0.0606. The molecule has 2 aromatic heterocycles. The molecule has 0 radical (unpaired) electrons. The van der Waals surface area contributed by atoms with E-state index in [1.807, 2.05) is 55.2 Å². The van der Waals surface area contributed by atoms with Crippen LogP contribution >= 0.6 is 0 Å². The Bertz CT molecular complexity index is 1360. The molecule has 1 aliphatic rings. The molecule has 0 bridgehead atoms. The van der Waals surface area contributed by atoms with Crippen LogP contribution in [0.5, 0.6) is 0 Å². The maximum atomic E-state index is 13.8. The summed E-state index contributed by atoms with van der Waals surface area (Å²) in [7, 11) is 0.428. The molecule has 1 saturated heterocycles. The second kappa shape index (κ2) is 8.90. The third-order valence-corrected chi connectivity index (χ3v) is 6.89. The SMILES string of the molecule is Cc1ccc(NS(C)(=O)=O)c(C(=O)N2CCCCC2c2cc3nc(C)c(C)c(N(C)C)n3n2)c1. The van der Waals surface area contributed by atoms with Gasteiger partial charge in [-0.1, -0.05) is 11.6 Å². The first-order chi connectivity index (χ1) is 16.0. The molecule has 1 amide bonds. The number of aryl methyl sites for hydroxylation is 2. The summed E-state index contributed by atoms with van der Waals surface area (Å²) in [5, 5.41) is 4.89. The number of nitrogens with one attached hydrogen (secondary N) is 1. The minimum atomic E-state index is -3.53. The lowest BCUT2D eigenvalue weighted by Crippen LogP contribution is -2.39. The molecule has 3 heterocycles. The molecule has 182 valence electrons. The number of likely N-dealkylation sites (tertiary alicyclic amines) is 1. The van der Waals surface area contributed by atoms with Crippen molar-refractivity contribution in [2.75, 3.05) is 36.5 Å². The molecule has 1 N–H and O–H groups in total. The lowest BCUT2D eigenvalue weighted by atomic mass is 9.97. The van der Waals surface area contributed by atoms with E-state index in [0.717, 1.165) is 59.5 Å². The van der Waals surface area contributed by atoms with Gasteiger partial charge in [-0.2, -0.15) is 9.61 Å². The van der Waals surface area contributed by atoms with E-state index in [2.05, 4.69) is 4.72 Å². The van der Waals surface area contributed by atoms with Gasteiger partial charge in [-0.3, -0.25) is 9.52 Å². The van der Waals surface area contributed by atoms with E-state index < -0.39 is 10.0 Å². The summed E-state index contributed by atoms with van der Waals surface area (Å²) in [5.74, 6) is 0.755. The van der Waals surface area contributed by atoms with E-state index in [0.29, 0.717) is 17.8 Å². The zero-order valence-corrected chi connectivity index (χ0v) is 21.4. The molecule has 1 fully saturated rings. The Labute approximate surface area is 200 Å². The van der Waals surface area contributed by atoms with Crippen molar-refractivity contribution >= 4 is 33.1 Å². The monoisotopic (exact) mass is 484 g/mol. The molecule has 1 aromatic carbocycles. The van der Waals surface area contributed by atoms with Crippen molar-refractivity contribution in [1.82, 2.24) is 19.5 Å². The summed E-state index contributed by atoms with van der Waals surface area (Å²) >= 11 is 0. The molecule has 1 aliphatic heterocycles. The topological polar surface area (TPSA) is 99.9 Å². The first-order valence-corrected chi connectivity index (χ1v) is 13.3. The van der Waals surface area contributed by atoms with Crippen LogP contribution in [0.3, 0.4) is 0 Å². The predicted molar refractivity (Wildman–Crippen MR) is 134 cm³/mol. The third-order valence-electron chi connectivity index (χ3n) is 6.30. The van der Waals surface area contributed by atoms with Gasteiger partial charge in [0.15, 0.2) is 5.65 Å². The van der Waals surface area contributed by atoms with Gasteiger partial charge in [0.05, 0.1) is 29.2 Å². The number of anilines is 2. The Morgan fingerprint density at radius 1 is 1.15 bits per heavy atom. The molecule has 0 aliphatic carbocycles. The molecule has 3 aromatic rings. The zero-order valence-electron chi connectivity index (χ0n) is 20.6. The van der Waals surface area contributed by atoms with Crippen LogP contribution in [0.25, 0.3) is 5.65 Å². The number of carbonyl (C=O) groups is 1. The summed E-state index contributed by atoms with van der Waals surface area (Å²) in [6, 6.07) is 6.92. The van der Waals surface area contributed by atoms with Gasteiger partial charge in [0.1, 0.15) is 5.82 Å². The van der Waals surface area contributed by atoms with Crippen molar-refractivity contribution in [3.05, 3.63) is 52.3 Å². The van der Waals surface area contributed by atoms with Gasteiger partial charge in [-0.15, -0.1) is 0 Å². The molecule has 34 heavy (non-hydrogen) atoms. The molecular formula is C24H32N6O3S.